The molecule has 3 heteroatoms. The second-order valence-corrected chi connectivity index (χ2v) is 5.24. The van der Waals surface area contributed by atoms with Crippen molar-refractivity contribution >= 4 is 0 Å². The van der Waals surface area contributed by atoms with Crippen LogP contribution < -0.4 is 10.5 Å². The summed E-state index contributed by atoms with van der Waals surface area (Å²) >= 11 is 0. The lowest BCUT2D eigenvalue weighted by atomic mass is 10.1. The van der Waals surface area contributed by atoms with Gasteiger partial charge in [0.05, 0.1) is 13.7 Å². The number of rotatable bonds is 6. The summed E-state index contributed by atoms with van der Waals surface area (Å²) in [5, 5.41) is 0. The number of nitrogens with zero attached hydrogens (tertiary/aromatic N) is 1. The molecule has 0 saturated heterocycles. The van der Waals surface area contributed by atoms with Crippen LogP contribution in [0.5, 0.6) is 5.75 Å². The molecule has 1 atom stereocenters. The van der Waals surface area contributed by atoms with Crippen molar-refractivity contribution in [3.8, 4) is 17.6 Å². The zero-order chi connectivity index (χ0) is 15.0. The fourth-order valence-corrected chi connectivity index (χ4v) is 2.15. The minimum absolute atomic E-state index is 0.384. The number of nitrogens with two attached hydrogens (primary N) is 1. The van der Waals surface area contributed by atoms with Gasteiger partial charge in [0.1, 0.15) is 5.75 Å². The topological polar surface area (TPSA) is 38.5 Å². The maximum atomic E-state index is 5.44. The summed E-state index contributed by atoms with van der Waals surface area (Å²) in [7, 11) is 3.85. The summed E-state index contributed by atoms with van der Waals surface area (Å²) in [6.45, 7) is 6.83. The molecule has 1 aromatic carbocycles. The summed E-state index contributed by atoms with van der Waals surface area (Å²) in [6, 6.07) is 6.04. The largest absolute Gasteiger partial charge is 0.496 e. The van der Waals surface area contributed by atoms with E-state index in [1.165, 1.54) is 12.0 Å². The molecule has 0 bridgehead atoms. The van der Waals surface area contributed by atoms with Gasteiger partial charge in [0.15, 0.2) is 0 Å². The molecule has 0 saturated carbocycles. The molecule has 2 N–H and O–H groups in total. The van der Waals surface area contributed by atoms with Crippen LogP contribution in [0.1, 0.15) is 31.4 Å². The van der Waals surface area contributed by atoms with Crippen molar-refractivity contribution in [2.24, 2.45) is 11.7 Å². The maximum absolute atomic E-state index is 5.44. The van der Waals surface area contributed by atoms with Crippen LogP contribution in [0.2, 0.25) is 0 Å². The van der Waals surface area contributed by atoms with E-state index in [0.717, 1.165) is 24.4 Å². The smallest absolute Gasteiger partial charge is 0.123 e. The number of ether oxygens (including phenoxy) is 1. The van der Waals surface area contributed by atoms with Gasteiger partial charge < -0.3 is 15.4 Å². The Morgan fingerprint density at radius 2 is 2.15 bits per heavy atom. The summed E-state index contributed by atoms with van der Waals surface area (Å²) in [5.74, 6) is 7.58. The fraction of sp³-hybridized carbons (Fsp3) is 0.529. The minimum atomic E-state index is 0.384. The summed E-state index contributed by atoms with van der Waals surface area (Å²) < 4.78 is 5.44. The van der Waals surface area contributed by atoms with Gasteiger partial charge >= 0.3 is 0 Å². The molecule has 3 nitrogen and oxygen atoms in total. The van der Waals surface area contributed by atoms with Crippen molar-refractivity contribution in [2.45, 2.75) is 26.8 Å². The lowest BCUT2D eigenvalue weighted by Crippen LogP contribution is -2.24. The van der Waals surface area contributed by atoms with Crippen LogP contribution in [0, 0.1) is 17.8 Å². The van der Waals surface area contributed by atoms with Gasteiger partial charge in [-0.05, 0) is 31.2 Å². The molecule has 20 heavy (non-hydrogen) atoms. The second-order valence-electron chi connectivity index (χ2n) is 5.24. The van der Waals surface area contributed by atoms with Gasteiger partial charge in [-0.15, -0.1) is 0 Å². The highest BCUT2D eigenvalue weighted by atomic mass is 16.5. The third-order valence-electron chi connectivity index (χ3n) is 3.38. The quantitative estimate of drug-likeness (QED) is 0.810. The lowest BCUT2D eigenvalue weighted by molar-refractivity contribution is 0.270. The normalized spacial score (nSPS) is 11.9. The van der Waals surface area contributed by atoms with E-state index < -0.39 is 0 Å². The molecule has 0 aliphatic heterocycles. The summed E-state index contributed by atoms with van der Waals surface area (Å²) in [6.07, 6.45) is 1.20. The Morgan fingerprint density at radius 1 is 1.40 bits per heavy atom. The highest BCUT2D eigenvalue weighted by Gasteiger charge is 2.09. The Hall–Kier alpha value is -1.50. The molecular formula is C17H26N2O. The highest BCUT2D eigenvalue weighted by Crippen LogP contribution is 2.21. The van der Waals surface area contributed by atoms with E-state index in [2.05, 4.69) is 43.7 Å². The van der Waals surface area contributed by atoms with E-state index in [9.17, 15) is 0 Å². The van der Waals surface area contributed by atoms with Crippen LogP contribution in [0.15, 0.2) is 18.2 Å². The van der Waals surface area contributed by atoms with E-state index >= 15 is 0 Å². The molecule has 1 unspecified atom stereocenters. The number of methoxy groups -OCH3 is 1. The van der Waals surface area contributed by atoms with Crippen LogP contribution >= 0.6 is 0 Å². The highest BCUT2D eigenvalue weighted by molar-refractivity contribution is 5.44. The minimum Gasteiger partial charge on any atom is -0.496 e. The van der Waals surface area contributed by atoms with Gasteiger partial charge in [-0.3, -0.25) is 0 Å². The average molecular weight is 274 g/mol. The van der Waals surface area contributed by atoms with Gasteiger partial charge in [-0.1, -0.05) is 32.1 Å². The summed E-state index contributed by atoms with van der Waals surface area (Å²) in [4.78, 5) is 2.33. The molecule has 0 aliphatic rings. The average Bonchev–Trinajstić information content (AvgIpc) is 2.45. The standard InChI is InChI=1S/C17H26N2O/c1-5-14(2)12-19(3)13-16-11-15(7-6-10-18)8-9-17(16)20-4/h8-9,11,14H,5,10,12-13,18H2,1-4H3. The second kappa shape index (κ2) is 8.63. The molecule has 0 spiro atoms. The third-order valence-corrected chi connectivity index (χ3v) is 3.38. The van der Waals surface area contributed by atoms with Crippen LogP contribution in [0.25, 0.3) is 0 Å². The molecule has 1 aromatic rings. The van der Waals surface area contributed by atoms with Crippen molar-refractivity contribution in [2.75, 3.05) is 27.2 Å². The Bertz CT molecular complexity index is 474. The molecule has 0 heterocycles. The molecular weight excluding hydrogens is 248 g/mol. The molecule has 0 radical (unpaired) electrons. The Kier molecular flexibility index (Phi) is 7.14. The van der Waals surface area contributed by atoms with Gasteiger partial charge in [-0.25, -0.2) is 0 Å². The zero-order valence-corrected chi connectivity index (χ0v) is 13.1. The van der Waals surface area contributed by atoms with Crippen molar-refractivity contribution in [3.05, 3.63) is 29.3 Å². The number of hydrogen-bond acceptors (Lipinski definition) is 3. The maximum Gasteiger partial charge on any atom is 0.123 e. The van der Waals surface area contributed by atoms with Gasteiger partial charge in [0, 0.05) is 24.2 Å². The van der Waals surface area contributed by atoms with Crippen LogP contribution in [0.4, 0.5) is 0 Å². The lowest BCUT2D eigenvalue weighted by Gasteiger charge is -2.21. The van der Waals surface area contributed by atoms with Crippen LogP contribution in [-0.4, -0.2) is 32.1 Å². The molecule has 1 rings (SSSR count). The first-order valence-electron chi connectivity index (χ1n) is 7.15. The first-order chi connectivity index (χ1) is 9.60. The monoisotopic (exact) mass is 274 g/mol. The van der Waals surface area contributed by atoms with Gasteiger partial charge in [0.25, 0.3) is 0 Å². The molecule has 0 aromatic heterocycles. The molecule has 110 valence electrons. The third kappa shape index (κ3) is 5.24. The molecule has 0 fully saturated rings. The van der Waals surface area contributed by atoms with E-state index in [4.69, 9.17) is 10.5 Å². The van der Waals surface area contributed by atoms with E-state index in [-0.39, 0.29) is 0 Å². The Morgan fingerprint density at radius 3 is 2.75 bits per heavy atom. The Labute approximate surface area is 123 Å². The molecule has 0 aliphatic carbocycles. The first kappa shape index (κ1) is 16.6. The Balaban J connectivity index is 2.85. The van der Waals surface area contributed by atoms with E-state index in [1.54, 1.807) is 7.11 Å². The van der Waals surface area contributed by atoms with Crippen molar-refractivity contribution in [1.82, 2.24) is 4.90 Å². The van der Waals surface area contributed by atoms with Crippen LogP contribution in [-0.2, 0) is 6.54 Å². The number of benzene rings is 1. The van der Waals surface area contributed by atoms with E-state index in [1.807, 2.05) is 12.1 Å². The number of hydrogen-bond donors (Lipinski definition) is 1. The van der Waals surface area contributed by atoms with Crippen molar-refractivity contribution < 1.29 is 4.74 Å². The van der Waals surface area contributed by atoms with Gasteiger partial charge in [-0.2, -0.15) is 0 Å². The zero-order valence-electron chi connectivity index (χ0n) is 13.1. The van der Waals surface area contributed by atoms with E-state index in [0.29, 0.717) is 12.5 Å². The predicted molar refractivity (Wildman–Crippen MR) is 84.7 cm³/mol. The first-order valence-corrected chi connectivity index (χ1v) is 7.15. The van der Waals surface area contributed by atoms with Crippen LogP contribution in [0.3, 0.4) is 0 Å². The predicted octanol–water partition coefficient (Wildman–Crippen LogP) is 2.48. The molecule has 0 amide bonds. The van der Waals surface area contributed by atoms with Crippen molar-refractivity contribution in [1.29, 1.82) is 0 Å². The van der Waals surface area contributed by atoms with Gasteiger partial charge in [0.2, 0.25) is 0 Å². The van der Waals surface area contributed by atoms with Crippen molar-refractivity contribution in [3.63, 3.8) is 0 Å². The fourth-order valence-electron chi connectivity index (χ4n) is 2.15. The summed E-state index contributed by atoms with van der Waals surface area (Å²) in [5.41, 5.74) is 7.57. The SMILES string of the molecule is CCC(C)CN(C)Cc1cc(C#CCN)ccc1OC.